The number of likely N-dealkylation sites (N-methyl/N-ethyl adjacent to an activating group) is 1. The number of amides is 1. The van der Waals surface area contributed by atoms with Crippen molar-refractivity contribution in [2.45, 2.75) is 167 Å². The molecule has 1 aliphatic heterocycles. The molecule has 1 rings (SSSR count). The van der Waals surface area contributed by atoms with Gasteiger partial charge in [0.1, 0.15) is 13.2 Å². The van der Waals surface area contributed by atoms with Crippen molar-refractivity contribution in [1.29, 1.82) is 0 Å². The maximum atomic E-state index is 12.9. The number of carbonyl (C=O) groups excluding carboxylic acids is 3. The van der Waals surface area contributed by atoms with Gasteiger partial charge < -0.3 is 24.2 Å². The minimum absolute atomic E-state index is 0.0285. The van der Waals surface area contributed by atoms with E-state index in [2.05, 4.69) is 74.6 Å². The third-order valence-corrected chi connectivity index (χ3v) is 9.68. The molecule has 0 saturated carbocycles. The molecule has 1 unspecified atom stereocenters. The first kappa shape index (κ1) is 49.8. The quantitative estimate of drug-likeness (QED) is 0.0294. The van der Waals surface area contributed by atoms with Gasteiger partial charge in [0.05, 0.1) is 12.6 Å². The molecule has 0 aromatic carbocycles. The first-order chi connectivity index (χ1) is 26.9. The van der Waals surface area contributed by atoms with Crippen molar-refractivity contribution < 1.29 is 33.7 Å². The van der Waals surface area contributed by atoms with Crippen LogP contribution in [0.5, 0.6) is 0 Å². The molecule has 1 heterocycles. The van der Waals surface area contributed by atoms with Gasteiger partial charge in [-0.3, -0.25) is 14.5 Å². The molecule has 1 fully saturated rings. The fraction of sp³-hybridized carbons (Fsp3) is 0.717. The second-order valence-corrected chi connectivity index (χ2v) is 14.7. The van der Waals surface area contributed by atoms with Gasteiger partial charge in [-0.25, -0.2) is 4.79 Å². The predicted molar refractivity (Wildman–Crippen MR) is 226 cm³/mol. The number of aliphatic hydroxyl groups is 1. The van der Waals surface area contributed by atoms with E-state index in [4.69, 9.17) is 19.3 Å². The molecule has 0 aliphatic carbocycles. The second kappa shape index (κ2) is 36.5. The van der Waals surface area contributed by atoms with E-state index in [9.17, 15) is 14.4 Å². The number of aliphatic hydroxyl groups excluding tert-OH is 1. The number of carbonyl (C=O) groups is 3. The van der Waals surface area contributed by atoms with Crippen LogP contribution in [0.15, 0.2) is 60.8 Å². The Morgan fingerprint density at radius 1 is 0.636 bits per heavy atom. The molecule has 55 heavy (non-hydrogen) atoms. The fourth-order valence-electron chi connectivity index (χ4n) is 6.09. The molecule has 1 N–H and O–H groups in total. The van der Waals surface area contributed by atoms with E-state index >= 15 is 0 Å². The molecule has 1 saturated heterocycles. The average Bonchev–Trinajstić information content (AvgIpc) is 3.16. The first-order valence-electron chi connectivity index (χ1n) is 21.7. The second-order valence-electron chi connectivity index (χ2n) is 14.7. The predicted octanol–water partition coefficient (Wildman–Crippen LogP) is 10.6. The van der Waals surface area contributed by atoms with Crippen LogP contribution in [-0.2, 0) is 23.8 Å². The van der Waals surface area contributed by atoms with Crippen molar-refractivity contribution in [3.05, 3.63) is 60.8 Å². The summed E-state index contributed by atoms with van der Waals surface area (Å²) in [4.78, 5) is 41.6. The molecule has 0 bridgehead atoms. The lowest BCUT2D eigenvalue weighted by Crippen LogP contribution is -2.60. The van der Waals surface area contributed by atoms with Gasteiger partial charge in [-0.15, -0.1) is 0 Å². The number of esters is 2. The molecule has 9 nitrogen and oxygen atoms in total. The van der Waals surface area contributed by atoms with Crippen molar-refractivity contribution in [3.63, 3.8) is 0 Å². The normalized spacial score (nSPS) is 14.5. The van der Waals surface area contributed by atoms with Crippen molar-refractivity contribution in [2.75, 3.05) is 46.5 Å². The fourth-order valence-corrected chi connectivity index (χ4v) is 6.09. The number of hydrogen-bond acceptors (Lipinski definition) is 8. The van der Waals surface area contributed by atoms with Gasteiger partial charge in [0, 0.05) is 39.5 Å². The lowest BCUT2D eigenvalue weighted by molar-refractivity contribution is -0.153. The van der Waals surface area contributed by atoms with Crippen LogP contribution in [0.4, 0.5) is 4.79 Å². The highest BCUT2D eigenvalue weighted by molar-refractivity contribution is 5.70. The zero-order valence-corrected chi connectivity index (χ0v) is 35.0. The summed E-state index contributed by atoms with van der Waals surface area (Å²) in [5.74, 6) is -0.682. The first-order valence-corrected chi connectivity index (χ1v) is 21.7. The third kappa shape index (κ3) is 29.7. The molecule has 0 aromatic heterocycles. The summed E-state index contributed by atoms with van der Waals surface area (Å²) in [6.07, 6.45) is 42.8. The van der Waals surface area contributed by atoms with Crippen LogP contribution in [0.1, 0.15) is 155 Å². The van der Waals surface area contributed by atoms with E-state index in [1.165, 1.54) is 30.6 Å². The molecule has 1 atom stereocenters. The van der Waals surface area contributed by atoms with E-state index in [1.807, 2.05) is 4.90 Å². The van der Waals surface area contributed by atoms with Crippen LogP contribution in [0, 0.1) is 0 Å². The molecule has 0 spiro atoms. The van der Waals surface area contributed by atoms with Crippen LogP contribution in [0.3, 0.4) is 0 Å². The number of β-amino-alcohol motifs (C(OH)–C–C–N with tert-alkyl or cyclic N) is 1. The SMILES string of the molecule is CC/C=C\C/C=C\C/C=C\CCCCCCCC(=O)OCC(COC(=O)CCCCCCC/C=C\C/C=C\CCCCC)OC(=O)N(C)C1CN(CCO)C1. The summed E-state index contributed by atoms with van der Waals surface area (Å²) in [7, 11) is 1.67. The topological polar surface area (TPSA) is 106 Å². The number of ether oxygens (including phenoxy) is 3. The van der Waals surface area contributed by atoms with Crippen LogP contribution in [-0.4, -0.2) is 91.6 Å². The maximum Gasteiger partial charge on any atom is 0.410 e. The van der Waals surface area contributed by atoms with Gasteiger partial charge in [0.15, 0.2) is 6.10 Å². The monoisotopic (exact) mass is 771 g/mol. The number of allylic oxidation sites excluding steroid dienone is 10. The molecular formula is C46H78N2O7. The van der Waals surface area contributed by atoms with Crippen LogP contribution in [0.2, 0.25) is 0 Å². The lowest BCUT2D eigenvalue weighted by Gasteiger charge is -2.43. The molecule has 314 valence electrons. The van der Waals surface area contributed by atoms with Crippen LogP contribution < -0.4 is 0 Å². The Labute approximate surface area is 335 Å². The minimum Gasteiger partial charge on any atom is -0.462 e. The van der Waals surface area contributed by atoms with E-state index in [0.717, 1.165) is 103 Å². The summed E-state index contributed by atoms with van der Waals surface area (Å²) in [5.41, 5.74) is 0. The molecular weight excluding hydrogens is 693 g/mol. The number of likely N-dealkylation sites (tertiary alicyclic amines) is 1. The van der Waals surface area contributed by atoms with Gasteiger partial charge in [0.25, 0.3) is 0 Å². The Morgan fingerprint density at radius 2 is 1.07 bits per heavy atom. The van der Waals surface area contributed by atoms with Crippen molar-refractivity contribution in [3.8, 4) is 0 Å². The molecule has 0 radical (unpaired) electrons. The summed E-state index contributed by atoms with van der Waals surface area (Å²) < 4.78 is 16.6. The number of hydrogen-bond donors (Lipinski definition) is 1. The van der Waals surface area contributed by atoms with Gasteiger partial charge in [0.2, 0.25) is 0 Å². The molecule has 1 aliphatic rings. The highest BCUT2D eigenvalue weighted by Crippen LogP contribution is 2.16. The Morgan fingerprint density at radius 3 is 1.55 bits per heavy atom. The van der Waals surface area contributed by atoms with Gasteiger partial charge in [-0.2, -0.15) is 0 Å². The van der Waals surface area contributed by atoms with E-state index < -0.39 is 12.2 Å². The van der Waals surface area contributed by atoms with Gasteiger partial charge in [-0.1, -0.05) is 126 Å². The summed E-state index contributed by atoms with van der Waals surface area (Å²) >= 11 is 0. The summed E-state index contributed by atoms with van der Waals surface area (Å²) in [6, 6.07) is -0.0285. The standard InChI is InChI=1S/C46H78N2O7/c1-4-6-8-10-12-14-16-18-20-22-24-26-28-30-32-34-44(50)53-40-43(55-46(52)47(3)42-38-48(39-42)36-37-49)41-54-45(51)35-33-31-29-27-25-23-21-19-17-15-13-11-9-7-5-2/h6,8,12-15,18-21,42-43,49H,4-5,7,9-11,16-17,22-41H2,1-3H3/b8-6-,14-12-,15-13-,20-18-,21-19-. The molecule has 9 heteroatoms. The Bertz CT molecular complexity index is 1110. The van der Waals surface area contributed by atoms with E-state index in [1.54, 1.807) is 7.05 Å². The Kier molecular flexibility index (Phi) is 33.1. The van der Waals surface area contributed by atoms with Gasteiger partial charge in [-0.05, 0) is 77.0 Å². The summed E-state index contributed by atoms with van der Waals surface area (Å²) in [6.45, 7) is 6.00. The third-order valence-electron chi connectivity index (χ3n) is 9.68. The Hall–Kier alpha value is -3.17. The number of unbranched alkanes of at least 4 members (excludes halogenated alkanes) is 13. The van der Waals surface area contributed by atoms with E-state index in [-0.39, 0.29) is 37.8 Å². The molecule has 1 amide bonds. The van der Waals surface area contributed by atoms with Crippen molar-refractivity contribution >= 4 is 18.0 Å². The van der Waals surface area contributed by atoms with E-state index in [0.29, 0.717) is 32.5 Å². The van der Waals surface area contributed by atoms with Crippen LogP contribution >= 0.6 is 0 Å². The van der Waals surface area contributed by atoms with Crippen molar-refractivity contribution in [2.24, 2.45) is 0 Å². The Balaban J connectivity index is 2.31. The average molecular weight is 771 g/mol. The molecule has 0 aromatic rings. The van der Waals surface area contributed by atoms with Crippen molar-refractivity contribution in [1.82, 2.24) is 9.80 Å². The summed E-state index contributed by atoms with van der Waals surface area (Å²) in [5, 5.41) is 9.15. The van der Waals surface area contributed by atoms with Crippen LogP contribution in [0.25, 0.3) is 0 Å². The zero-order valence-electron chi connectivity index (χ0n) is 35.0. The minimum atomic E-state index is -0.887. The zero-order chi connectivity index (χ0) is 40.0. The van der Waals surface area contributed by atoms with Gasteiger partial charge >= 0.3 is 18.0 Å². The lowest BCUT2D eigenvalue weighted by atomic mass is 10.1. The number of rotatable bonds is 35. The highest BCUT2D eigenvalue weighted by atomic mass is 16.6. The largest absolute Gasteiger partial charge is 0.462 e. The number of nitrogens with zero attached hydrogens (tertiary/aromatic N) is 2. The maximum absolute atomic E-state index is 12.9. The smallest absolute Gasteiger partial charge is 0.410 e. The highest BCUT2D eigenvalue weighted by Gasteiger charge is 2.33.